The molecule has 0 radical (unpaired) electrons. The van der Waals surface area contributed by atoms with Crippen molar-refractivity contribution < 1.29 is 22.4 Å². The number of furan rings is 1. The van der Waals surface area contributed by atoms with Gasteiger partial charge in [0.25, 0.3) is 0 Å². The summed E-state index contributed by atoms with van der Waals surface area (Å²) >= 11 is 0. The molecule has 0 aliphatic carbocycles. The van der Waals surface area contributed by atoms with Crippen molar-refractivity contribution in [1.29, 1.82) is 0 Å². The number of hydrogen-bond donors (Lipinski definition) is 2. The van der Waals surface area contributed by atoms with Gasteiger partial charge in [0.1, 0.15) is 11.0 Å². The first-order valence-electron chi connectivity index (χ1n) is 7.85. The molecule has 0 saturated heterocycles. The van der Waals surface area contributed by atoms with Crippen molar-refractivity contribution in [2.24, 2.45) is 0 Å². The van der Waals surface area contributed by atoms with Gasteiger partial charge in [-0.25, -0.2) is 8.42 Å². The second kappa shape index (κ2) is 8.48. The molecule has 1 atom stereocenters. The lowest BCUT2D eigenvalue weighted by atomic mass is 10.3. The Morgan fingerprint density at radius 1 is 1.04 bits per heavy atom. The third kappa shape index (κ3) is 4.69. The monoisotopic (exact) mass is 364 g/mol. The molecule has 0 aliphatic rings. The maximum Gasteiger partial charge on any atom is 0.309 e. The van der Waals surface area contributed by atoms with Gasteiger partial charge in [-0.3, -0.25) is 9.59 Å². The molecular formula is C17H20N2O5S. The Bertz CT molecular complexity index is 801. The fourth-order valence-electron chi connectivity index (χ4n) is 2.20. The summed E-state index contributed by atoms with van der Waals surface area (Å²) in [5.74, 6) is -1.48. The van der Waals surface area contributed by atoms with Gasteiger partial charge in [-0.2, -0.15) is 0 Å². The Hall–Kier alpha value is -2.61. The van der Waals surface area contributed by atoms with Gasteiger partial charge >= 0.3 is 11.8 Å². The van der Waals surface area contributed by atoms with Crippen molar-refractivity contribution in [2.75, 3.05) is 13.1 Å². The number of benzene rings is 1. The number of carbonyl (C=O) groups is 2. The minimum Gasteiger partial charge on any atom is -0.468 e. The van der Waals surface area contributed by atoms with Crippen LogP contribution >= 0.6 is 0 Å². The van der Waals surface area contributed by atoms with Crippen LogP contribution in [0.1, 0.15) is 24.4 Å². The van der Waals surface area contributed by atoms with E-state index in [2.05, 4.69) is 10.6 Å². The molecule has 134 valence electrons. The molecule has 2 rings (SSSR count). The van der Waals surface area contributed by atoms with E-state index in [-0.39, 0.29) is 17.2 Å². The minimum atomic E-state index is -3.80. The Morgan fingerprint density at radius 2 is 1.72 bits per heavy atom. The molecule has 1 heterocycles. The molecule has 0 aliphatic heterocycles. The van der Waals surface area contributed by atoms with Crippen molar-refractivity contribution in [3.8, 4) is 0 Å². The third-order valence-electron chi connectivity index (χ3n) is 3.50. The standard InChI is InChI=1S/C17H20N2O5S/c1-2-10-18-16(20)17(21)19-12-15(14-9-6-11-24-14)25(22,23)13-7-4-3-5-8-13/h3-9,11,15H,2,10,12H2,1H3,(H,18,20)(H,19,21). The Morgan fingerprint density at radius 3 is 2.32 bits per heavy atom. The smallest absolute Gasteiger partial charge is 0.309 e. The van der Waals surface area contributed by atoms with Crippen LogP contribution < -0.4 is 10.6 Å². The first kappa shape index (κ1) is 18.7. The Kier molecular flexibility index (Phi) is 6.35. The van der Waals surface area contributed by atoms with Gasteiger partial charge in [0, 0.05) is 13.1 Å². The van der Waals surface area contributed by atoms with Crippen LogP contribution in [0.15, 0.2) is 58.0 Å². The van der Waals surface area contributed by atoms with Gasteiger partial charge in [0.2, 0.25) is 0 Å². The lowest BCUT2D eigenvalue weighted by molar-refractivity contribution is -0.139. The number of amides is 2. The zero-order valence-electron chi connectivity index (χ0n) is 13.8. The second-order valence-electron chi connectivity index (χ2n) is 5.33. The SMILES string of the molecule is CCCNC(=O)C(=O)NCC(c1ccco1)S(=O)(=O)c1ccccc1. The summed E-state index contributed by atoms with van der Waals surface area (Å²) in [4.78, 5) is 23.6. The number of hydrogen-bond acceptors (Lipinski definition) is 5. The maximum atomic E-state index is 12.9. The highest BCUT2D eigenvalue weighted by Gasteiger charge is 2.32. The van der Waals surface area contributed by atoms with Crippen molar-refractivity contribution >= 4 is 21.7 Å². The molecular weight excluding hydrogens is 344 g/mol. The van der Waals surface area contributed by atoms with Gasteiger partial charge < -0.3 is 15.1 Å². The molecule has 2 amide bonds. The van der Waals surface area contributed by atoms with Crippen LogP contribution in [0.5, 0.6) is 0 Å². The summed E-state index contributed by atoms with van der Waals surface area (Å²) in [5.41, 5.74) is 0. The van der Waals surface area contributed by atoms with Gasteiger partial charge in [0.15, 0.2) is 9.84 Å². The van der Waals surface area contributed by atoms with Crippen molar-refractivity contribution in [3.63, 3.8) is 0 Å². The summed E-state index contributed by atoms with van der Waals surface area (Å²) in [6, 6.07) is 11.0. The first-order valence-corrected chi connectivity index (χ1v) is 9.39. The first-order chi connectivity index (χ1) is 12.0. The van der Waals surface area contributed by atoms with E-state index in [0.717, 1.165) is 0 Å². The van der Waals surface area contributed by atoms with Crippen LogP contribution in [-0.4, -0.2) is 33.3 Å². The summed E-state index contributed by atoms with van der Waals surface area (Å²) in [6.07, 6.45) is 2.05. The Labute approximate surface area is 146 Å². The van der Waals surface area contributed by atoms with Crippen LogP contribution in [0.25, 0.3) is 0 Å². The van der Waals surface area contributed by atoms with E-state index in [1.165, 1.54) is 24.5 Å². The number of carbonyl (C=O) groups excluding carboxylic acids is 2. The lowest BCUT2D eigenvalue weighted by Crippen LogP contribution is -2.42. The average molecular weight is 364 g/mol. The van der Waals surface area contributed by atoms with E-state index >= 15 is 0 Å². The van der Waals surface area contributed by atoms with Crippen LogP contribution in [-0.2, 0) is 19.4 Å². The normalized spacial score (nSPS) is 12.4. The molecule has 0 fully saturated rings. The van der Waals surface area contributed by atoms with Gasteiger partial charge in [0.05, 0.1) is 11.2 Å². The molecule has 7 nitrogen and oxygen atoms in total. The molecule has 1 aromatic carbocycles. The average Bonchev–Trinajstić information content (AvgIpc) is 3.14. The topological polar surface area (TPSA) is 105 Å². The highest BCUT2D eigenvalue weighted by molar-refractivity contribution is 7.91. The molecule has 0 spiro atoms. The summed E-state index contributed by atoms with van der Waals surface area (Å²) < 4.78 is 31.0. The zero-order chi connectivity index (χ0) is 18.3. The quantitative estimate of drug-likeness (QED) is 0.723. The molecule has 8 heteroatoms. The van der Waals surface area contributed by atoms with Crippen molar-refractivity contribution in [3.05, 3.63) is 54.5 Å². The van der Waals surface area contributed by atoms with E-state index in [1.54, 1.807) is 24.3 Å². The molecule has 1 unspecified atom stereocenters. The zero-order valence-corrected chi connectivity index (χ0v) is 14.6. The molecule has 2 aromatic rings. The molecule has 2 N–H and O–H groups in total. The molecule has 0 bridgehead atoms. The molecule has 0 saturated carbocycles. The number of sulfone groups is 1. The maximum absolute atomic E-state index is 12.9. The van der Waals surface area contributed by atoms with Crippen molar-refractivity contribution in [2.45, 2.75) is 23.5 Å². The largest absolute Gasteiger partial charge is 0.468 e. The van der Waals surface area contributed by atoms with Gasteiger partial charge in [-0.05, 0) is 30.7 Å². The van der Waals surface area contributed by atoms with Gasteiger partial charge in [-0.1, -0.05) is 25.1 Å². The van der Waals surface area contributed by atoms with E-state index in [4.69, 9.17) is 4.42 Å². The number of rotatable bonds is 7. The van der Waals surface area contributed by atoms with Crippen LogP contribution in [0.4, 0.5) is 0 Å². The van der Waals surface area contributed by atoms with Crippen LogP contribution in [0.3, 0.4) is 0 Å². The van der Waals surface area contributed by atoms with E-state index in [9.17, 15) is 18.0 Å². The fourth-order valence-corrected chi connectivity index (χ4v) is 3.80. The predicted molar refractivity (Wildman–Crippen MR) is 91.4 cm³/mol. The predicted octanol–water partition coefficient (Wildman–Crippen LogP) is 1.44. The van der Waals surface area contributed by atoms with Gasteiger partial charge in [-0.15, -0.1) is 0 Å². The summed E-state index contributed by atoms with van der Waals surface area (Å²) in [5, 5.41) is 3.67. The molecule has 25 heavy (non-hydrogen) atoms. The van der Waals surface area contributed by atoms with E-state index in [0.29, 0.717) is 13.0 Å². The highest BCUT2D eigenvalue weighted by Crippen LogP contribution is 2.28. The second-order valence-corrected chi connectivity index (χ2v) is 7.46. The highest BCUT2D eigenvalue weighted by atomic mass is 32.2. The lowest BCUT2D eigenvalue weighted by Gasteiger charge is -2.16. The van der Waals surface area contributed by atoms with E-state index < -0.39 is 26.9 Å². The molecule has 1 aromatic heterocycles. The number of nitrogens with one attached hydrogen (secondary N) is 2. The summed E-state index contributed by atoms with van der Waals surface area (Å²) in [6.45, 7) is 1.96. The van der Waals surface area contributed by atoms with E-state index in [1.807, 2.05) is 6.92 Å². The minimum absolute atomic E-state index is 0.112. The van der Waals surface area contributed by atoms with Crippen LogP contribution in [0.2, 0.25) is 0 Å². The van der Waals surface area contributed by atoms with Crippen molar-refractivity contribution in [1.82, 2.24) is 10.6 Å². The van der Waals surface area contributed by atoms with Crippen LogP contribution in [0, 0.1) is 0 Å². The summed E-state index contributed by atoms with van der Waals surface area (Å²) in [7, 11) is -3.80. The fraction of sp³-hybridized carbons (Fsp3) is 0.294. The third-order valence-corrected chi connectivity index (χ3v) is 5.57. The Balaban J connectivity index is 2.18.